The molecule has 3 rings (SSSR count). The van der Waals surface area contributed by atoms with Crippen LogP contribution in [0.5, 0.6) is 0 Å². The molecule has 0 bridgehead atoms. The fraction of sp³-hybridized carbons (Fsp3) is 0.522. The molecule has 2 aromatic rings. The number of hydrogen-bond donors (Lipinski definition) is 2. The molecule has 7 heteroatoms. The quantitative estimate of drug-likeness (QED) is 0.296. The molecule has 1 aromatic carbocycles. The van der Waals surface area contributed by atoms with E-state index in [1.54, 1.807) is 6.26 Å². The van der Waals surface area contributed by atoms with Crippen molar-refractivity contribution >= 4 is 29.9 Å². The van der Waals surface area contributed by atoms with Gasteiger partial charge in [-0.2, -0.15) is 0 Å². The molecule has 1 aromatic heterocycles. The summed E-state index contributed by atoms with van der Waals surface area (Å²) in [4.78, 5) is 9.64. The van der Waals surface area contributed by atoms with Crippen LogP contribution in [0.3, 0.4) is 0 Å². The smallest absolute Gasteiger partial charge is 0.191 e. The summed E-state index contributed by atoms with van der Waals surface area (Å²) in [6.07, 6.45) is 4.26. The van der Waals surface area contributed by atoms with Crippen molar-refractivity contribution in [2.24, 2.45) is 4.99 Å². The van der Waals surface area contributed by atoms with Gasteiger partial charge in [0.05, 0.1) is 24.9 Å². The average Bonchev–Trinajstić information content (AvgIpc) is 3.43. The van der Waals surface area contributed by atoms with E-state index >= 15 is 0 Å². The normalized spacial score (nSPS) is 16.9. The molecular formula is C23H36IN5O. The molecule has 0 spiro atoms. The van der Waals surface area contributed by atoms with Crippen molar-refractivity contribution < 1.29 is 4.42 Å². The SMILES string of the molecule is CCNC(=NCC(c1ccco1)N1CCCC1)NCC(c1ccccc1)N(C)C.I. The summed E-state index contributed by atoms with van der Waals surface area (Å²) in [7, 11) is 4.23. The number of likely N-dealkylation sites (N-methyl/N-ethyl adjacent to an activating group) is 1. The minimum absolute atomic E-state index is 0. The van der Waals surface area contributed by atoms with Gasteiger partial charge in [0.25, 0.3) is 0 Å². The van der Waals surface area contributed by atoms with Gasteiger partial charge in [-0.3, -0.25) is 9.89 Å². The number of aliphatic imine (C=N–C) groups is 1. The number of furan rings is 1. The molecule has 166 valence electrons. The molecule has 1 fully saturated rings. The number of rotatable bonds is 9. The highest BCUT2D eigenvalue weighted by Crippen LogP contribution is 2.25. The van der Waals surface area contributed by atoms with E-state index in [9.17, 15) is 0 Å². The first kappa shape index (κ1) is 24.7. The minimum atomic E-state index is 0. The van der Waals surface area contributed by atoms with Crippen molar-refractivity contribution in [1.82, 2.24) is 20.4 Å². The first-order valence-corrected chi connectivity index (χ1v) is 10.7. The van der Waals surface area contributed by atoms with Crippen LogP contribution in [-0.2, 0) is 0 Å². The molecule has 2 N–H and O–H groups in total. The Labute approximate surface area is 198 Å². The zero-order valence-electron chi connectivity index (χ0n) is 18.4. The molecule has 0 amide bonds. The van der Waals surface area contributed by atoms with Gasteiger partial charge in [-0.05, 0) is 64.6 Å². The van der Waals surface area contributed by atoms with Crippen molar-refractivity contribution in [1.29, 1.82) is 0 Å². The highest BCUT2D eigenvalue weighted by atomic mass is 127. The van der Waals surface area contributed by atoms with Gasteiger partial charge in [-0.25, -0.2) is 0 Å². The number of hydrogen-bond acceptors (Lipinski definition) is 4. The maximum atomic E-state index is 5.73. The Morgan fingerprint density at radius 1 is 1.10 bits per heavy atom. The standard InChI is InChI=1S/C23H35N5O.HI/c1-4-24-23(25-17-20(27(2)3)19-11-6-5-7-12-19)26-18-21(22-13-10-16-29-22)28-14-8-9-15-28;/h5-7,10-13,16,20-21H,4,8-9,14-15,17-18H2,1-3H3,(H2,24,25,26);1H. The Bertz CT molecular complexity index is 729. The Hall–Kier alpha value is -1.58. The minimum Gasteiger partial charge on any atom is -0.468 e. The third-order valence-electron chi connectivity index (χ3n) is 5.49. The van der Waals surface area contributed by atoms with Crippen molar-refractivity contribution in [2.45, 2.75) is 31.8 Å². The fourth-order valence-corrected chi connectivity index (χ4v) is 3.91. The second-order valence-electron chi connectivity index (χ2n) is 7.76. The summed E-state index contributed by atoms with van der Waals surface area (Å²) >= 11 is 0. The lowest BCUT2D eigenvalue weighted by atomic mass is 10.1. The molecule has 30 heavy (non-hydrogen) atoms. The van der Waals surface area contributed by atoms with Crippen molar-refractivity contribution in [2.75, 3.05) is 46.8 Å². The monoisotopic (exact) mass is 525 g/mol. The van der Waals surface area contributed by atoms with Crippen LogP contribution in [0.2, 0.25) is 0 Å². The molecule has 2 unspecified atom stereocenters. The van der Waals surface area contributed by atoms with Gasteiger partial charge in [-0.15, -0.1) is 24.0 Å². The van der Waals surface area contributed by atoms with Crippen LogP contribution in [0.1, 0.15) is 43.2 Å². The molecule has 1 aliphatic heterocycles. The molecule has 2 atom stereocenters. The third kappa shape index (κ3) is 6.99. The lowest BCUT2D eigenvalue weighted by molar-refractivity contribution is 0.221. The van der Waals surface area contributed by atoms with Crippen molar-refractivity contribution in [3.05, 3.63) is 60.1 Å². The zero-order chi connectivity index (χ0) is 20.5. The summed E-state index contributed by atoms with van der Waals surface area (Å²) in [6, 6.07) is 15.1. The highest BCUT2D eigenvalue weighted by Gasteiger charge is 2.25. The maximum absolute atomic E-state index is 5.73. The second kappa shape index (κ2) is 13.0. The van der Waals surface area contributed by atoms with Crippen LogP contribution < -0.4 is 10.6 Å². The number of nitrogens with one attached hydrogen (secondary N) is 2. The summed E-state index contributed by atoms with van der Waals surface area (Å²) in [6.45, 7) is 6.63. The highest BCUT2D eigenvalue weighted by molar-refractivity contribution is 14.0. The molecule has 2 heterocycles. The van der Waals surface area contributed by atoms with E-state index in [0.717, 1.165) is 37.9 Å². The van der Waals surface area contributed by atoms with Crippen LogP contribution >= 0.6 is 24.0 Å². The van der Waals surface area contributed by atoms with Gasteiger partial charge < -0.3 is 20.0 Å². The van der Waals surface area contributed by atoms with Crippen LogP contribution in [0, 0.1) is 0 Å². The van der Waals surface area contributed by atoms with E-state index in [0.29, 0.717) is 6.54 Å². The van der Waals surface area contributed by atoms with Crippen LogP contribution in [0.15, 0.2) is 58.1 Å². The molecule has 1 saturated heterocycles. The van der Waals surface area contributed by atoms with Gasteiger partial charge in [0.2, 0.25) is 0 Å². The van der Waals surface area contributed by atoms with Crippen molar-refractivity contribution in [3.63, 3.8) is 0 Å². The molecule has 0 aliphatic carbocycles. The summed E-state index contributed by atoms with van der Waals surface area (Å²) < 4.78 is 5.73. The lowest BCUT2D eigenvalue weighted by Crippen LogP contribution is -2.42. The first-order valence-electron chi connectivity index (χ1n) is 10.7. The predicted molar refractivity (Wildman–Crippen MR) is 135 cm³/mol. The molecule has 0 radical (unpaired) electrons. The van der Waals surface area contributed by atoms with Crippen LogP contribution in [0.25, 0.3) is 0 Å². The molecular weight excluding hydrogens is 489 g/mol. The van der Waals surface area contributed by atoms with E-state index in [2.05, 4.69) is 77.9 Å². The Kier molecular flexibility index (Phi) is 10.7. The first-order chi connectivity index (χ1) is 14.2. The lowest BCUT2D eigenvalue weighted by Gasteiger charge is -2.27. The molecule has 0 saturated carbocycles. The van der Waals surface area contributed by atoms with Gasteiger partial charge in [0, 0.05) is 13.1 Å². The largest absolute Gasteiger partial charge is 0.468 e. The van der Waals surface area contributed by atoms with E-state index in [1.807, 2.05) is 6.07 Å². The van der Waals surface area contributed by atoms with Crippen LogP contribution in [0.4, 0.5) is 0 Å². The van der Waals surface area contributed by atoms with Crippen molar-refractivity contribution in [3.8, 4) is 0 Å². The third-order valence-corrected chi connectivity index (χ3v) is 5.49. The number of nitrogens with zero attached hydrogens (tertiary/aromatic N) is 3. The van der Waals surface area contributed by atoms with Gasteiger partial charge in [0.1, 0.15) is 5.76 Å². The Balaban J connectivity index is 0.00000320. The van der Waals surface area contributed by atoms with Gasteiger partial charge in [-0.1, -0.05) is 30.3 Å². The van der Waals surface area contributed by atoms with Gasteiger partial charge in [0.15, 0.2) is 5.96 Å². The molecule has 6 nitrogen and oxygen atoms in total. The Morgan fingerprint density at radius 3 is 2.43 bits per heavy atom. The molecule has 1 aliphatic rings. The number of guanidine groups is 1. The average molecular weight is 525 g/mol. The summed E-state index contributed by atoms with van der Waals surface area (Å²) in [5.41, 5.74) is 1.30. The summed E-state index contributed by atoms with van der Waals surface area (Å²) in [5.74, 6) is 1.85. The van der Waals surface area contributed by atoms with E-state index in [4.69, 9.17) is 9.41 Å². The van der Waals surface area contributed by atoms with E-state index in [-0.39, 0.29) is 36.1 Å². The van der Waals surface area contributed by atoms with E-state index < -0.39 is 0 Å². The topological polar surface area (TPSA) is 56.0 Å². The summed E-state index contributed by atoms with van der Waals surface area (Å²) in [5, 5.41) is 6.93. The number of likely N-dealkylation sites (tertiary alicyclic amines) is 1. The van der Waals surface area contributed by atoms with Gasteiger partial charge >= 0.3 is 0 Å². The second-order valence-corrected chi connectivity index (χ2v) is 7.76. The van der Waals surface area contributed by atoms with Crippen LogP contribution in [-0.4, -0.2) is 62.6 Å². The number of halogens is 1. The fourth-order valence-electron chi connectivity index (χ4n) is 3.91. The zero-order valence-corrected chi connectivity index (χ0v) is 20.7. The number of benzene rings is 1. The maximum Gasteiger partial charge on any atom is 0.191 e. The van der Waals surface area contributed by atoms with E-state index in [1.165, 1.54) is 18.4 Å². The Morgan fingerprint density at radius 2 is 1.83 bits per heavy atom. The predicted octanol–water partition coefficient (Wildman–Crippen LogP) is 3.89.